The Morgan fingerprint density at radius 3 is 2.52 bits per heavy atom. The Morgan fingerprint density at radius 1 is 1.12 bits per heavy atom. The third-order valence-corrected chi connectivity index (χ3v) is 5.85. The second-order valence-electron chi connectivity index (χ2n) is 7.48. The Hall–Kier alpha value is -2.71. The number of benzene rings is 2. The minimum Gasteiger partial charge on any atom is -0.496 e. The Morgan fingerprint density at radius 2 is 1.85 bits per heavy atom. The molecule has 0 saturated heterocycles. The highest BCUT2D eigenvalue weighted by Crippen LogP contribution is 2.21. The number of carbonyl (C=O) groups excluding carboxylic acids is 2. The van der Waals surface area contributed by atoms with E-state index < -0.39 is 0 Å². The maximum absolute atomic E-state index is 12.9. The molecule has 2 rings (SSSR count). The molecule has 0 aliphatic heterocycles. The van der Waals surface area contributed by atoms with Gasteiger partial charge < -0.3 is 10.1 Å². The summed E-state index contributed by atoms with van der Waals surface area (Å²) in [6.07, 6.45) is 3.87. The normalized spacial score (nSPS) is 12.0. The molecule has 8 heteroatoms. The number of hydrogen-bond acceptors (Lipinski definition) is 5. The third-order valence-electron chi connectivity index (χ3n) is 5.35. The lowest BCUT2D eigenvalue weighted by molar-refractivity contribution is -0.126. The predicted octanol–water partition coefficient (Wildman–Crippen LogP) is 4.22. The molecule has 0 unspecified atom stereocenters. The molecule has 2 amide bonds. The molecule has 0 bridgehead atoms. The first-order valence-electron chi connectivity index (χ1n) is 11.2. The van der Waals surface area contributed by atoms with Crippen LogP contribution in [0.3, 0.4) is 0 Å². The first kappa shape index (κ1) is 26.5. The Labute approximate surface area is 204 Å². The number of halogens is 1. The van der Waals surface area contributed by atoms with Crippen LogP contribution in [0.25, 0.3) is 0 Å². The van der Waals surface area contributed by atoms with Crippen LogP contribution < -0.4 is 15.5 Å². The zero-order chi connectivity index (χ0) is 24.1. The van der Waals surface area contributed by atoms with Crippen LogP contribution in [0.1, 0.15) is 49.0 Å². The molecule has 0 heterocycles. The minimum atomic E-state index is -0.286. The van der Waals surface area contributed by atoms with E-state index in [1.54, 1.807) is 25.5 Å². The number of unbranched alkanes of at least 4 members (excludes halogenated alkanes) is 1. The van der Waals surface area contributed by atoms with E-state index >= 15 is 0 Å². The highest BCUT2D eigenvalue weighted by Gasteiger charge is 2.23. The summed E-state index contributed by atoms with van der Waals surface area (Å²) in [7, 11) is 1.60. The van der Waals surface area contributed by atoms with Crippen LogP contribution in [-0.2, 0) is 4.79 Å². The smallest absolute Gasteiger partial charge is 0.257 e. The molecule has 0 aromatic heterocycles. The fourth-order valence-corrected chi connectivity index (χ4v) is 3.92. The summed E-state index contributed by atoms with van der Waals surface area (Å²) in [5.41, 5.74) is 4.10. The first-order valence-corrected chi connectivity index (χ1v) is 12.0. The molecule has 0 aliphatic carbocycles. The van der Waals surface area contributed by atoms with E-state index in [9.17, 15) is 9.59 Å². The van der Waals surface area contributed by atoms with Gasteiger partial charge >= 0.3 is 0 Å². The van der Waals surface area contributed by atoms with Crippen LogP contribution in [0.15, 0.2) is 58.1 Å². The lowest BCUT2D eigenvalue weighted by Gasteiger charge is -2.28. The number of hydrazone groups is 1. The monoisotopic (exact) mass is 516 g/mol. The number of carbonyl (C=O) groups is 2. The Bertz CT molecular complexity index is 917. The number of nitrogens with one attached hydrogen (secondary N) is 2. The number of amides is 2. The number of hydrogen-bond donors (Lipinski definition) is 2. The first-order chi connectivity index (χ1) is 16.0. The molecule has 0 radical (unpaired) electrons. The lowest BCUT2D eigenvalue weighted by atomic mass is 10.1. The topological polar surface area (TPSA) is 83.0 Å². The van der Waals surface area contributed by atoms with Crippen molar-refractivity contribution in [3.63, 3.8) is 0 Å². The number of rotatable bonds is 13. The van der Waals surface area contributed by atoms with Crippen LogP contribution in [-0.4, -0.2) is 55.7 Å². The second-order valence-corrected chi connectivity index (χ2v) is 8.39. The van der Waals surface area contributed by atoms with E-state index in [0.717, 1.165) is 36.0 Å². The van der Waals surface area contributed by atoms with Gasteiger partial charge in [0.1, 0.15) is 5.75 Å². The molecule has 2 N–H and O–H groups in total. The van der Waals surface area contributed by atoms with E-state index in [4.69, 9.17) is 4.74 Å². The van der Waals surface area contributed by atoms with Crippen LogP contribution in [0.5, 0.6) is 5.75 Å². The molecular weight excluding hydrogens is 484 g/mol. The van der Waals surface area contributed by atoms with Gasteiger partial charge in [0.2, 0.25) is 0 Å². The Kier molecular flexibility index (Phi) is 11.6. The van der Waals surface area contributed by atoms with Gasteiger partial charge in [-0.15, -0.1) is 0 Å². The Balaban J connectivity index is 1.88. The van der Waals surface area contributed by atoms with Gasteiger partial charge in [0.15, 0.2) is 0 Å². The minimum absolute atomic E-state index is 0.0778. The van der Waals surface area contributed by atoms with Gasteiger partial charge in [0.25, 0.3) is 11.8 Å². The summed E-state index contributed by atoms with van der Waals surface area (Å²) in [6, 6.07) is 14.5. The van der Waals surface area contributed by atoms with E-state index in [-0.39, 0.29) is 17.9 Å². The molecule has 7 nitrogen and oxygen atoms in total. The van der Waals surface area contributed by atoms with Gasteiger partial charge in [0.05, 0.1) is 19.4 Å². The average molecular weight is 517 g/mol. The molecule has 1 atom stereocenters. The number of methoxy groups -OCH3 is 1. The largest absolute Gasteiger partial charge is 0.496 e. The molecule has 2 aromatic rings. The van der Waals surface area contributed by atoms with Gasteiger partial charge in [-0.05, 0) is 62.7 Å². The van der Waals surface area contributed by atoms with Crippen molar-refractivity contribution in [2.45, 2.75) is 39.2 Å². The summed E-state index contributed by atoms with van der Waals surface area (Å²) in [5, 5.41) is 7.09. The maximum Gasteiger partial charge on any atom is 0.257 e. The van der Waals surface area contributed by atoms with Crippen molar-refractivity contribution in [1.82, 2.24) is 15.6 Å². The molecule has 0 saturated carbocycles. The highest BCUT2D eigenvalue weighted by atomic mass is 79.9. The highest BCUT2D eigenvalue weighted by molar-refractivity contribution is 9.10. The van der Waals surface area contributed by atoms with Crippen LogP contribution in [0, 0.1) is 0 Å². The van der Waals surface area contributed by atoms with E-state index in [0.29, 0.717) is 24.3 Å². The fourth-order valence-electron chi connectivity index (χ4n) is 3.55. The zero-order valence-corrected chi connectivity index (χ0v) is 21.1. The SMILES string of the molecule is CCN(CC)[C@H](CCCCNC(=O)c1ccccc1)C(=O)N/N=C/c1cc(Br)ccc1OC. The average Bonchev–Trinajstić information content (AvgIpc) is 2.83. The van der Waals surface area contributed by atoms with Crippen molar-refractivity contribution >= 4 is 34.0 Å². The summed E-state index contributed by atoms with van der Waals surface area (Å²) >= 11 is 3.43. The number of ether oxygens (including phenoxy) is 1. The third kappa shape index (κ3) is 8.63. The van der Waals surface area contributed by atoms with Crippen molar-refractivity contribution < 1.29 is 14.3 Å². The second kappa shape index (κ2) is 14.4. The molecule has 0 aliphatic rings. The van der Waals surface area contributed by atoms with Gasteiger partial charge in [-0.2, -0.15) is 5.10 Å². The maximum atomic E-state index is 12.9. The number of nitrogens with zero attached hydrogens (tertiary/aromatic N) is 2. The van der Waals surface area contributed by atoms with Crippen molar-refractivity contribution in [2.24, 2.45) is 5.10 Å². The van der Waals surface area contributed by atoms with Gasteiger partial charge in [-0.25, -0.2) is 5.43 Å². The summed E-state index contributed by atoms with van der Waals surface area (Å²) in [4.78, 5) is 27.2. The van der Waals surface area contributed by atoms with Crippen LogP contribution >= 0.6 is 15.9 Å². The van der Waals surface area contributed by atoms with Crippen molar-refractivity contribution in [1.29, 1.82) is 0 Å². The summed E-state index contributed by atoms with van der Waals surface area (Å²) < 4.78 is 6.24. The van der Waals surface area contributed by atoms with E-state index in [2.05, 4.69) is 36.7 Å². The molecular formula is C25H33BrN4O3. The van der Waals surface area contributed by atoms with Crippen molar-refractivity contribution in [2.75, 3.05) is 26.7 Å². The lowest BCUT2D eigenvalue weighted by Crippen LogP contribution is -2.45. The number of likely N-dealkylation sites (N-methyl/N-ethyl adjacent to an activating group) is 1. The van der Waals surface area contributed by atoms with Crippen LogP contribution in [0.2, 0.25) is 0 Å². The van der Waals surface area contributed by atoms with Gasteiger partial charge in [-0.1, -0.05) is 48.0 Å². The molecule has 0 fully saturated rings. The predicted molar refractivity (Wildman–Crippen MR) is 136 cm³/mol. The molecule has 0 spiro atoms. The quantitative estimate of drug-likeness (QED) is 0.237. The van der Waals surface area contributed by atoms with Crippen molar-refractivity contribution in [3.05, 3.63) is 64.1 Å². The van der Waals surface area contributed by atoms with Crippen molar-refractivity contribution in [3.8, 4) is 5.75 Å². The molecule has 2 aromatic carbocycles. The van der Waals surface area contributed by atoms with E-state index in [1.807, 2.05) is 50.2 Å². The zero-order valence-electron chi connectivity index (χ0n) is 19.5. The summed E-state index contributed by atoms with van der Waals surface area (Å²) in [6.45, 7) is 6.19. The molecule has 178 valence electrons. The van der Waals surface area contributed by atoms with Gasteiger partial charge in [0, 0.05) is 22.1 Å². The molecule has 33 heavy (non-hydrogen) atoms. The van der Waals surface area contributed by atoms with Crippen LogP contribution in [0.4, 0.5) is 0 Å². The standard InChI is InChI=1S/C25H33BrN4O3/c1-4-30(5-2)22(13-9-10-16-27-24(31)19-11-7-6-8-12-19)25(32)29-28-18-20-17-21(26)14-15-23(20)33-3/h6-8,11-12,14-15,17-18,22H,4-5,9-10,13,16H2,1-3H3,(H,27,31)(H,29,32)/b28-18+/t22-/m1/s1. The fraction of sp³-hybridized carbons (Fsp3) is 0.400. The van der Waals surface area contributed by atoms with Gasteiger partial charge in [-0.3, -0.25) is 14.5 Å². The summed E-state index contributed by atoms with van der Waals surface area (Å²) in [5.74, 6) is 0.456. The van der Waals surface area contributed by atoms with E-state index in [1.165, 1.54) is 0 Å².